The van der Waals surface area contributed by atoms with Gasteiger partial charge in [0.2, 0.25) is 0 Å². The molecule has 1 fully saturated rings. The number of rotatable bonds is 2. The summed E-state index contributed by atoms with van der Waals surface area (Å²) in [7, 11) is 0. The molecule has 6 heteroatoms. The van der Waals surface area contributed by atoms with Crippen molar-refractivity contribution in [1.82, 2.24) is 0 Å². The molecule has 0 bridgehead atoms. The molecule has 1 saturated heterocycles. The van der Waals surface area contributed by atoms with Gasteiger partial charge in [0.25, 0.3) is 0 Å². The molecule has 3 nitrogen and oxygen atoms in total. The first-order chi connectivity index (χ1) is 8.98. The molecule has 0 N–H and O–H groups in total. The number of halogens is 3. The van der Waals surface area contributed by atoms with Gasteiger partial charge in [-0.1, -0.05) is 12.1 Å². The van der Waals surface area contributed by atoms with Gasteiger partial charge in [0.1, 0.15) is 11.9 Å². The van der Waals surface area contributed by atoms with Crippen molar-refractivity contribution in [3.63, 3.8) is 0 Å². The van der Waals surface area contributed by atoms with Gasteiger partial charge in [0, 0.05) is 0 Å². The number of hydrogen-bond acceptors (Lipinski definition) is 3. The molecule has 1 aliphatic heterocycles. The van der Waals surface area contributed by atoms with Crippen LogP contribution in [0.3, 0.4) is 0 Å². The second-order valence-electron chi connectivity index (χ2n) is 4.29. The van der Waals surface area contributed by atoms with E-state index >= 15 is 0 Å². The molecule has 0 aromatic heterocycles. The average Bonchev–Trinajstić information content (AvgIpc) is 2.38. The molecular formula is C13H12F3NO2. The molecule has 19 heavy (non-hydrogen) atoms. The SMILES string of the molecule is N#C[C@@H]1CCCC(c2ccc(OC(F)(F)F)cc2)O1. The van der Waals surface area contributed by atoms with E-state index in [1.165, 1.54) is 24.3 Å². The summed E-state index contributed by atoms with van der Waals surface area (Å²) >= 11 is 0. The molecule has 2 atom stereocenters. The fourth-order valence-corrected chi connectivity index (χ4v) is 2.05. The Labute approximate surface area is 108 Å². The van der Waals surface area contributed by atoms with Crippen LogP contribution in [0.4, 0.5) is 13.2 Å². The van der Waals surface area contributed by atoms with Gasteiger partial charge in [0.15, 0.2) is 0 Å². The molecule has 0 saturated carbocycles. The molecule has 1 unspecified atom stereocenters. The third-order valence-corrected chi connectivity index (χ3v) is 2.89. The topological polar surface area (TPSA) is 42.2 Å². The highest BCUT2D eigenvalue weighted by molar-refractivity contribution is 5.29. The molecule has 1 aromatic carbocycles. The first-order valence-corrected chi connectivity index (χ1v) is 5.89. The average molecular weight is 271 g/mol. The minimum absolute atomic E-state index is 0.238. The first-order valence-electron chi connectivity index (χ1n) is 5.89. The van der Waals surface area contributed by atoms with E-state index in [4.69, 9.17) is 10.00 Å². The Morgan fingerprint density at radius 3 is 2.47 bits per heavy atom. The third kappa shape index (κ3) is 3.86. The second kappa shape index (κ2) is 5.49. The van der Waals surface area contributed by atoms with Crippen molar-refractivity contribution in [1.29, 1.82) is 5.26 Å². The predicted octanol–water partition coefficient (Wildman–Crippen LogP) is 3.72. The van der Waals surface area contributed by atoms with Crippen LogP contribution in [-0.2, 0) is 4.74 Å². The summed E-state index contributed by atoms with van der Waals surface area (Å²) in [4.78, 5) is 0. The lowest BCUT2D eigenvalue weighted by molar-refractivity contribution is -0.274. The van der Waals surface area contributed by atoms with Crippen LogP contribution in [0.2, 0.25) is 0 Å². The molecule has 1 aliphatic rings. The lowest BCUT2D eigenvalue weighted by Gasteiger charge is -2.26. The Kier molecular flexibility index (Phi) is 3.96. The van der Waals surface area contributed by atoms with Crippen LogP contribution in [0.1, 0.15) is 30.9 Å². The van der Waals surface area contributed by atoms with Crippen LogP contribution in [0.15, 0.2) is 24.3 Å². The Hall–Kier alpha value is -1.74. The maximum absolute atomic E-state index is 12.0. The largest absolute Gasteiger partial charge is 0.573 e. The van der Waals surface area contributed by atoms with E-state index in [0.717, 1.165) is 18.4 Å². The number of hydrogen-bond donors (Lipinski definition) is 0. The van der Waals surface area contributed by atoms with Crippen LogP contribution in [0, 0.1) is 11.3 Å². The van der Waals surface area contributed by atoms with E-state index in [9.17, 15) is 13.2 Å². The number of benzene rings is 1. The van der Waals surface area contributed by atoms with Crippen molar-refractivity contribution in [2.75, 3.05) is 0 Å². The quantitative estimate of drug-likeness (QED) is 0.823. The maximum atomic E-state index is 12.0. The van der Waals surface area contributed by atoms with Crippen molar-refractivity contribution in [2.45, 2.75) is 37.8 Å². The Bertz CT molecular complexity index is 464. The van der Waals surface area contributed by atoms with E-state index in [0.29, 0.717) is 6.42 Å². The van der Waals surface area contributed by atoms with E-state index in [1.807, 2.05) is 0 Å². The maximum Gasteiger partial charge on any atom is 0.573 e. The predicted molar refractivity (Wildman–Crippen MR) is 60.2 cm³/mol. The normalized spacial score (nSPS) is 23.7. The minimum atomic E-state index is -4.69. The van der Waals surface area contributed by atoms with Crippen molar-refractivity contribution < 1.29 is 22.6 Å². The minimum Gasteiger partial charge on any atom is -0.406 e. The molecule has 1 heterocycles. The molecular weight excluding hydrogens is 259 g/mol. The van der Waals surface area contributed by atoms with Gasteiger partial charge < -0.3 is 9.47 Å². The Morgan fingerprint density at radius 2 is 1.89 bits per heavy atom. The molecule has 0 radical (unpaired) electrons. The molecule has 0 spiro atoms. The van der Waals surface area contributed by atoms with Gasteiger partial charge in [-0.25, -0.2) is 0 Å². The highest BCUT2D eigenvalue weighted by atomic mass is 19.4. The molecule has 1 aromatic rings. The highest BCUT2D eigenvalue weighted by Gasteiger charge is 2.31. The van der Waals surface area contributed by atoms with Crippen LogP contribution >= 0.6 is 0 Å². The zero-order valence-corrected chi connectivity index (χ0v) is 9.98. The van der Waals surface area contributed by atoms with Crippen LogP contribution < -0.4 is 4.74 Å². The van der Waals surface area contributed by atoms with E-state index in [-0.39, 0.29) is 11.9 Å². The van der Waals surface area contributed by atoms with Gasteiger partial charge >= 0.3 is 6.36 Å². The lowest BCUT2D eigenvalue weighted by Crippen LogP contribution is -2.21. The van der Waals surface area contributed by atoms with Crippen LogP contribution in [-0.4, -0.2) is 12.5 Å². The smallest absolute Gasteiger partial charge is 0.406 e. The van der Waals surface area contributed by atoms with Gasteiger partial charge in [-0.2, -0.15) is 5.26 Å². The summed E-state index contributed by atoms with van der Waals surface area (Å²) in [6, 6.07) is 7.62. The standard InChI is InChI=1S/C13H12F3NO2/c14-13(15,16)19-10-6-4-9(5-7-10)12-3-1-2-11(8-17)18-12/h4-7,11-12H,1-3H2/t11-,12?/m0/s1. The molecule has 0 aliphatic carbocycles. The monoisotopic (exact) mass is 271 g/mol. The lowest BCUT2D eigenvalue weighted by atomic mass is 9.99. The number of nitrogens with zero attached hydrogens (tertiary/aromatic N) is 1. The van der Waals surface area contributed by atoms with Gasteiger partial charge in [-0.05, 0) is 37.0 Å². The number of ether oxygens (including phenoxy) is 2. The van der Waals surface area contributed by atoms with E-state index in [2.05, 4.69) is 10.8 Å². The van der Waals surface area contributed by atoms with Gasteiger partial charge in [-0.15, -0.1) is 13.2 Å². The van der Waals surface area contributed by atoms with Crippen molar-refractivity contribution in [3.8, 4) is 11.8 Å². The zero-order chi connectivity index (χ0) is 13.9. The molecule has 0 amide bonds. The van der Waals surface area contributed by atoms with Gasteiger partial charge in [-0.3, -0.25) is 0 Å². The van der Waals surface area contributed by atoms with Crippen LogP contribution in [0.5, 0.6) is 5.75 Å². The van der Waals surface area contributed by atoms with Crippen LogP contribution in [0.25, 0.3) is 0 Å². The van der Waals surface area contributed by atoms with E-state index < -0.39 is 12.5 Å². The van der Waals surface area contributed by atoms with E-state index in [1.54, 1.807) is 0 Å². The van der Waals surface area contributed by atoms with Crippen molar-refractivity contribution in [3.05, 3.63) is 29.8 Å². The summed E-state index contributed by atoms with van der Waals surface area (Å²) in [5.74, 6) is -0.260. The summed E-state index contributed by atoms with van der Waals surface area (Å²) in [5, 5.41) is 8.81. The van der Waals surface area contributed by atoms with Gasteiger partial charge in [0.05, 0.1) is 12.2 Å². The Balaban J connectivity index is 2.04. The second-order valence-corrected chi connectivity index (χ2v) is 4.29. The summed E-state index contributed by atoms with van der Waals surface area (Å²) < 4.78 is 45.4. The number of nitriles is 1. The first kappa shape index (κ1) is 13.7. The zero-order valence-electron chi connectivity index (χ0n) is 9.98. The van der Waals surface area contributed by atoms with Crippen molar-refractivity contribution in [2.24, 2.45) is 0 Å². The number of alkyl halides is 3. The summed E-state index contributed by atoms with van der Waals surface area (Å²) in [6.45, 7) is 0. The summed E-state index contributed by atoms with van der Waals surface area (Å²) in [5.41, 5.74) is 0.759. The Morgan fingerprint density at radius 1 is 1.21 bits per heavy atom. The molecule has 2 rings (SSSR count). The highest BCUT2D eigenvalue weighted by Crippen LogP contribution is 2.32. The fraction of sp³-hybridized carbons (Fsp3) is 0.462. The molecule has 102 valence electrons. The fourth-order valence-electron chi connectivity index (χ4n) is 2.05. The van der Waals surface area contributed by atoms with Crippen molar-refractivity contribution >= 4 is 0 Å². The summed E-state index contributed by atoms with van der Waals surface area (Å²) in [6.07, 6.45) is -3.04. The third-order valence-electron chi connectivity index (χ3n) is 2.89.